The van der Waals surface area contributed by atoms with E-state index in [1.54, 1.807) is 0 Å². The zero-order chi connectivity index (χ0) is 58.5. The summed E-state index contributed by atoms with van der Waals surface area (Å²) in [5.74, 6) is -0.914. The van der Waals surface area contributed by atoms with Crippen LogP contribution in [0.5, 0.6) is 0 Å². The van der Waals surface area contributed by atoms with Gasteiger partial charge < -0.3 is 14.2 Å². The van der Waals surface area contributed by atoms with Gasteiger partial charge in [-0.15, -0.1) is 0 Å². The molecular formula is C75H132O6. The van der Waals surface area contributed by atoms with Gasteiger partial charge in [-0.05, 0) is 109 Å². The quantitative estimate of drug-likeness (QED) is 0.0261. The summed E-state index contributed by atoms with van der Waals surface area (Å²) in [5, 5.41) is 0. The fraction of sp³-hybridized carbons (Fsp3) is 0.773. The molecule has 0 aromatic carbocycles. The smallest absolute Gasteiger partial charge is 0.306 e. The number of esters is 3. The molecule has 81 heavy (non-hydrogen) atoms. The lowest BCUT2D eigenvalue weighted by Crippen LogP contribution is -2.30. The van der Waals surface area contributed by atoms with Crippen LogP contribution >= 0.6 is 0 Å². The molecule has 0 radical (unpaired) electrons. The molecule has 0 N–H and O–H groups in total. The van der Waals surface area contributed by atoms with Crippen LogP contribution in [0.1, 0.15) is 355 Å². The molecule has 0 aromatic heterocycles. The van der Waals surface area contributed by atoms with E-state index in [0.717, 1.165) is 128 Å². The van der Waals surface area contributed by atoms with Gasteiger partial charge in [0.05, 0.1) is 0 Å². The number of unbranched alkanes of at least 4 members (excludes halogenated alkanes) is 39. The lowest BCUT2D eigenvalue weighted by atomic mass is 10.0. The van der Waals surface area contributed by atoms with Gasteiger partial charge in [-0.1, -0.05) is 311 Å². The van der Waals surface area contributed by atoms with Gasteiger partial charge in [0.2, 0.25) is 0 Å². The summed E-state index contributed by atoms with van der Waals surface area (Å²) in [6.45, 7) is 6.47. The van der Waals surface area contributed by atoms with Gasteiger partial charge in [-0.25, -0.2) is 0 Å². The maximum atomic E-state index is 12.9. The van der Waals surface area contributed by atoms with Crippen molar-refractivity contribution in [2.45, 2.75) is 361 Å². The van der Waals surface area contributed by atoms with Crippen molar-refractivity contribution in [3.8, 4) is 0 Å². The Kier molecular flexibility index (Phi) is 66.2. The second-order valence-corrected chi connectivity index (χ2v) is 23.4. The van der Waals surface area contributed by atoms with Crippen molar-refractivity contribution in [3.63, 3.8) is 0 Å². The molecule has 1 unspecified atom stereocenters. The van der Waals surface area contributed by atoms with Crippen molar-refractivity contribution in [2.75, 3.05) is 13.2 Å². The van der Waals surface area contributed by atoms with E-state index >= 15 is 0 Å². The Bertz CT molecular complexity index is 1530. The lowest BCUT2D eigenvalue weighted by Gasteiger charge is -2.18. The van der Waals surface area contributed by atoms with Crippen molar-refractivity contribution in [1.82, 2.24) is 0 Å². The van der Waals surface area contributed by atoms with Crippen LogP contribution in [0.4, 0.5) is 0 Å². The van der Waals surface area contributed by atoms with Crippen LogP contribution < -0.4 is 0 Å². The molecule has 1 atom stereocenters. The van der Waals surface area contributed by atoms with Crippen LogP contribution in [0, 0.1) is 0 Å². The summed E-state index contributed by atoms with van der Waals surface area (Å²) in [7, 11) is 0. The molecule has 0 aromatic rings. The molecule has 0 saturated carbocycles. The second kappa shape index (κ2) is 69.1. The van der Waals surface area contributed by atoms with Gasteiger partial charge in [0.25, 0.3) is 0 Å². The number of hydrogen-bond acceptors (Lipinski definition) is 6. The SMILES string of the molecule is CC/C=C\C/C=C\C/C=C\C/C=C\CCCCCCC(=O)OC(COC(=O)CCCCCCC/C=C\C/C=C\CCC)COC(=O)CCCCCCCCCCCCCCCCCCCCCCC/C=C\CCCCCCCCCC. The molecule has 0 aliphatic rings. The summed E-state index contributed by atoms with van der Waals surface area (Å²) in [6, 6.07) is 0. The fourth-order valence-corrected chi connectivity index (χ4v) is 10.1. The molecule has 0 saturated heterocycles. The van der Waals surface area contributed by atoms with Gasteiger partial charge in [-0.2, -0.15) is 0 Å². The van der Waals surface area contributed by atoms with E-state index in [1.807, 2.05) is 0 Å². The van der Waals surface area contributed by atoms with Crippen molar-refractivity contribution < 1.29 is 28.6 Å². The molecule has 6 heteroatoms. The van der Waals surface area contributed by atoms with Gasteiger partial charge in [0, 0.05) is 19.3 Å². The number of rotatable bonds is 64. The minimum Gasteiger partial charge on any atom is -0.462 e. The normalized spacial score (nSPS) is 12.6. The van der Waals surface area contributed by atoms with E-state index < -0.39 is 6.10 Å². The third-order valence-corrected chi connectivity index (χ3v) is 15.3. The standard InChI is InChI=1S/C75H132O6/c1-4-7-10-13-16-19-22-25-27-29-30-31-32-33-34-35-36-37-38-39-40-41-42-43-44-46-47-50-53-56-59-62-65-68-74(77)80-71-72(70-79-73(76)67-64-61-58-55-52-49-24-21-18-15-12-9-6-3)81-75(78)69-66-63-60-57-54-51-48-45-28-26-23-20-17-14-11-8-5-2/h8,11-12,15,17,20-21,24,26,28-30,48,51,72H,4-7,9-10,13-14,16,18-19,22-23,25,27,31-47,49-50,52-71H2,1-3H3/b11-8-,15-12-,20-17-,24-21-,28-26-,30-29-,51-48-. The molecule has 0 rings (SSSR count). The maximum absolute atomic E-state index is 12.9. The Morgan fingerprint density at radius 2 is 0.506 bits per heavy atom. The molecular weight excluding hydrogens is 997 g/mol. The first kappa shape index (κ1) is 77.6. The molecule has 0 heterocycles. The maximum Gasteiger partial charge on any atom is 0.306 e. The van der Waals surface area contributed by atoms with Crippen molar-refractivity contribution in [1.29, 1.82) is 0 Å². The van der Waals surface area contributed by atoms with Gasteiger partial charge in [-0.3, -0.25) is 14.4 Å². The zero-order valence-electron chi connectivity index (χ0n) is 53.8. The van der Waals surface area contributed by atoms with E-state index in [1.165, 1.54) is 186 Å². The molecule has 6 nitrogen and oxygen atoms in total. The molecule has 0 spiro atoms. The Morgan fingerprint density at radius 1 is 0.259 bits per heavy atom. The highest BCUT2D eigenvalue weighted by Crippen LogP contribution is 2.18. The topological polar surface area (TPSA) is 78.9 Å². The van der Waals surface area contributed by atoms with E-state index in [4.69, 9.17) is 14.2 Å². The average molecular weight is 1130 g/mol. The molecule has 0 aliphatic carbocycles. The first-order valence-electron chi connectivity index (χ1n) is 35.1. The third kappa shape index (κ3) is 67.3. The Balaban J connectivity index is 4.15. The van der Waals surface area contributed by atoms with Crippen molar-refractivity contribution >= 4 is 17.9 Å². The van der Waals surface area contributed by atoms with E-state index in [0.29, 0.717) is 19.3 Å². The van der Waals surface area contributed by atoms with Crippen molar-refractivity contribution in [2.24, 2.45) is 0 Å². The summed E-state index contributed by atoms with van der Waals surface area (Å²) < 4.78 is 16.9. The first-order chi connectivity index (χ1) is 40.0. The summed E-state index contributed by atoms with van der Waals surface area (Å²) in [5.41, 5.74) is 0. The van der Waals surface area contributed by atoms with Gasteiger partial charge >= 0.3 is 17.9 Å². The summed E-state index contributed by atoms with van der Waals surface area (Å²) >= 11 is 0. The third-order valence-electron chi connectivity index (χ3n) is 15.3. The lowest BCUT2D eigenvalue weighted by molar-refractivity contribution is -0.167. The molecule has 0 bridgehead atoms. The molecule has 468 valence electrons. The number of carbonyl (C=O) groups is 3. The highest BCUT2D eigenvalue weighted by Gasteiger charge is 2.19. The largest absolute Gasteiger partial charge is 0.462 e. The minimum absolute atomic E-state index is 0.0888. The predicted molar refractivity (Wildman–Crippen MR) is 353 cm³/mol. The summed E-state index contributed by atoms with van der Waals surface area (Å²) in [4.78, 5) is 38.3. The average Bonchev–Trinajstić information content (AvgIpc) is 3.46. The summed E-state index contributed by atoms with van der Waals surface area (Å²) in [6.07, 6.45) is 92.0. The molecule has 0 fully saturated rings. The number of ether oxygens (including phenoxy) is 3. The second-order valence-electron chi connectivity index (χ2n) is 23.4. The van der Waals surface area contributed by atoms with Crippen molar-refractivity contribution in [3.05, 3.63) is 85.1 Å². The van der Waals surface area contributed by atoms with Gasteiger partial charge in [0.15, 0.2) is 6.10 Å². The van der Waals surface area contributed by atoms with Crippen LogP contribution in [0.15, 0.2) is 85.1 Å². The predicted octanol–water partition coefficient (Wildman–Crippen LogP) is 24.2. The van der Waals surface area contributed by atoms with Crippen LogP contribution in [0.2, 0.25) is 0 Å². The van der Waals surface area contributed by atoms with E-state index in [2.05, 4.69) is 106 Å². The highest BCUT2D eigenvalue weighted by molar-refractivity contribution is 5.71. The van der Waals surface area contributed by atoms with Gasteiger partial charge in [0.1, 0.15) is 13.2 Å². The van der Waals surface area contributed by atoms with E-state index in [9.17, 15) is 14.4 Å². The number of carbonyl (C=O) groups excluding carboxylic acids is 3. The highest BCUT2D eigenvalue weighted by atomic mass is 16.6. The molecule has 0 aliphatic heterocycles. The zero-order valence-corrected chi connectivity index (χ0v) is 53.8. The fourth-order valence-electron chi connectivity index (χ4n) is 10.1. The van der Waals surface area contributed by atoms with E-state index in [-0.39, 0.29) is 31.1 Å². The van der Waals surface area contributed by atoms with Crippen LogP contribution in [-0.2, 0) is 28.6 Å². The monoisotopic (exact) mass is 1130 g/mol. The van der Waals surface area contributed by atoms with Crippen LogP contribution in [0.25, 0.3) is 0 Å². The molecule has 0 amide bonds. The van der Waals surface area contributed by atoms with Crippen LogP contribution in [-0.4, -0.2) is 37.2 Å². The Hall–Kier alpha value is -3.41. The van der Waals surface area contributed by atoms with Crippen LogP contribution in [0.3, 0.4) is 0 Å². The first-order valence-corrected chi connectivity index (χ1v) is 35.1. The number of allylic oxidation sites excluding steroid dienone is 14. The minimum atomic E-state index is -0.796. The Morgan fingerprint density at radius 3 is 0.815 bits per heavy atom. The number of hydrogen-bond donors (Lipinski definition) is 0. The Labute approximate surface area is 503 Å².